The Morgan fingerprint density at radius 3 is 2.39 bits per heavy atom. The number of hydrogen-bond acceptors (Lipinski definition) is 7. The van der Waals surface area contributed by atoms with E-state index in [2.05, 4.69) is 47.0 Å². The van der Waals surface area contributed by atoms with Crippen molar-refractivity contribution in [2.24, 2.45) is 28.5 Å². The van der Waals surface area contributed by atoms with Crippen LogP contribution in [0.3, 0.4) is 0 Å². The second-order valence-corrected chi connectivity index (χ2v) is 13.4. The molecular weight excluding hydrogens is 588 g/mol. The van der Waals surface area contributed by atoms with Gasteiger partial charge >= 0.3 is 0 Å². The fourth-order valence-electron chi connectivity index (χ4n) is 7.20. The van der Waals surface area contributed by atoms with Gasteiger partial charge in [-0.2, -0.15) is 0 Å². The van der Waals surface area contributed by atoms with Crippen molar-refractivity contribution in [1.29, 1.82) is 0 Å². The number of hydrogen-bond donors (Lipinski definition) is 5. The average molecular weight is 650 g/mol. The maximum Gasteiger partial charge on any atom is 0.232 e. The molecule has 0 aromatic rings. The molecule has 6 unspecified atom stereocenters. The number of likely N-dealkylation sites (tertiary alicyclic amines) is 1. The summed E-state index contributed by atoms with van der Waals surface area (Å²) >= 11 is 0. The summed E-state index contributed by atoms with van der Waals surface area (Å²) in [5.74, 6) is -1.10. The van der Waals surface area contributed by atoms with Crippen molar-refractivity contribution in [3.8, 4) is 0 Å². The lowest BCUT2D eigenvalue weighted by Crippen LogP contribution is -2.57. The van der Waals surface area contributed by atoms with E-state index >= 15 is 4.39 Å². The normalized spacial score (nSPS) is 29.2. The Hall–Kier alpha value is -2.53. The molecule has 1 saturated heterocycles. The molecule has 3 aliphatic heterocycles. The summed E-state index contributed by atoms with van der Waals surface area (Å²) in [7, 11) is 1.64. The van der Waals surface area contributed by atoms with E-state index in [1.807, 2.05) is 11.0 Å². The topological polar surface area (TPSA) is 124 Å². The molecule has 3 rings (SSSR count). The lowest BCUT2D eigenvalue weighted by atomic mass is 9.90. The molecule has 9 nitrogen and oxygen atoms in total. The minimum absolute atomic E-state index is 0.00847. The van der Waals surface area contributed by atoms with Crippen LogP contribution in [-0.4, -0.2) is 80.2 Å². The van der Waals surface area contributed by atoms with Crippen LogP contribution in [0.25, 0.3) is 0 Å². The molecule has 0 radical (unpaired) electrons. The molecule has 11 heteroatoms. The van der Waals surface area contributed by atoms with Crippen molar-refractivity contribution in [1.82, 2.24) is 26.2 Å². The van der Waals surface area contributed by atoms with E-state index in [-0.39, 0.29) is 36.1 Å². The maximum atomic E-state index is 16.5. The van der Waals surface area contributed by atoms with Crippen LogP contribution in [0.2, 0.25) is 0 Å². The van der Waals surface area contributed by atoms with Crippen molar-refractivity contribution in [2.45, 2.75) is 135 Å². The number of carbonyl (C=O) groups excluding carboxylic acids is 2. The molecule has 0 aliphatic carbocycles. The number of amides is 2. The van der Waals surface area contributed by atoms with Crippen molar-refractivity contribution >= 4 is 18.0 Å². The molecule has 0 aromatic carbocycles. The largest absolute Gasteiger partial charge is 0.373 e. The van der Waals surface area contributed by atoms with E-state index < -0.39 is 30.5 Å². The van der Waals surface area contributed by atoms with Crippen LogP contribution in [0, 0.1) is 17.8 Å². The summed E-state index contributed by atoms with van der Waals surface area (Å²) in [6.45, 7) is 9.57. The van der Waals surface area contributed by atoms with Crippen LogP contribution in [-0.2, 0) is 9.59 Å². The third-order valence-corrected chi connectivity index (χ3v) is 9.86. The second kappa shape index (κ2) is 19.3. The van der Waals surface area contributed by atoms with Gasteiger partial charge in [0, 0.05) is 57.0 Å². The first-order valence-electron chi connectivity index (χ1n) is 17.9. The van der Waals surface area contributed by atoms with E-state index in [9.17, 15) is 14.0 Å². The van der Waals surface area contributed by atoms with E-state index in [4.69, 9.17) is 5.73 Å². The number of nitrogens with two attached hydrogens (primary N) is 1. The first kappa shape index (κ1) is 37.9. The van der Waals surface area contributed by atoms with Gasteiger partial charge in [0.15, 0.2) is 6.17 Å². The number of rotatable bonds is 14. The zero-order chi connectivity index (χ0) is 33.6. The molecule has 6 N–H and O–H groups in total. The van der Waals surface area contributed by atoms with E-state index in [0.717, 1.165) is 57.1 Å². The average Bonchev–Trinajstić information content (AvgIpc) is 3.04. The van der Waals surface area contributed by atoms with Crippen LogP contribution in [0.5, 0.6) is 0 Å². The summed E-state index contributed by atoms with van der Waals surface area (Å²) in [6.07, 6.45) is 10.0. The number of nitrogens with one attached hydrogen (secondary N) is 4. The van der Waals surface area contributed by atoms with Crippen molar-refractivity contribution < 1.29 is 18.4 Å². The van der Waals surface area contributed by atoms with Gasteiger partial charge in [0.1, 0.15) is 6.17 Å². The summed E-state index contributed by atoms with van der Waals surface area (Å²) in [5.41, 5.74) is 8.62. The molecule has 46 heavy (non-hydrogen) atoms. The van der Waals surface area contributed by atoms with Gasteiger partial charge in [-0.15, -0.1) is 0 Å². The molecule has 0 spiro atoms. The van der Waals surface area contributed by atoms with Gasteiger partial charge < -0.3 is 31.9 Å². The Morgan fingerprint density at radius 1 is 1.07 bits per heavy atom. The third kappa shape index (κ3) is 10.5. The molecule has 0 bridgehead atoms. The van der Waals surface area contributed by atoms with Gasteiger partial charge in [0.25, 0.3) is 0 Å². The predicted octanol–water partition coefficient (Wildman–Crippen LogP) is 4.84. The molecule has 0 aromatic heterocycles. The number of unbranched alkanes of at least 4 members (excludes halogenated alkanes) is 3. The highest BCUT2D eigenvalue weighted by molar-refractivity contribution is 5.82. The van der Waals surface area contributed by atoms with E-state index in [1.54, 1.807) is 14.0 Å². The lowest BCUT2D eigenvalue weighted by molar-refractivity contribution is -0.126. The predicted molar refractivity (Wildman–Crippen MR) is 182 cm³/mol. The molecule has 262 valence electrons. The fraction of sp³-hybridized carbons (Fsp3) is 0.800. The zero-order valence-corrected chi connectivity index (χ0v) is 28.9. The van der Waals surface area contributed by atoms with Crippen LogP contribution in [0.1, 0.15) is 105 Å². The Labute approximate surface area is 276 Å². The Balaban J connectivity index is 1.89. The minimum atomic E-state index is -1.31. The Bertz CT molecular complexity index is 1050. The number of aliphatic imine (C=N–C) groups is 1. The number of nitrogens with zero attached hydrogens (tertiary/aromatic N) is 2. The van der Waals surface area contributed by atoms with Crippen LogP contribution in [0.4, 0.5) is 8.78 Å². The fourth-order valence-corrected chi connectivity index (χ4v) is 7.20. The Kier molecular flexibility index (Phi) is 15.9. The van der Waals surface area contributed by atoms with Gasteiger partial charge in [-0.05, 0) is 44.9 Å². The maximum absolute atomic E-state index is 16.5. The number of allylic oxidation sites excluding steroid dienone is 2. The molecule has 2 amide bonds. The minimum Gasteiger partial charge on any atom is -0.373 e. The van der Waals surface area contributed by atoms with E-state index in [1.165, 1.54) is 6.21 Å². The molecule has 3 heterocycles. The summed E-state index contributed by atoms with van der Waals surface area (Å²) in [5, 5.41) is 12.6. The first-order chi connectivity index (χ1) is 22.1. The SMILES string of the molecule is CCCCCCC1NCC(NC(=O)C2C(C)N=CC(F)C/C=C(/C(CCC)CCC)NC2N)=C(N2CCC(C(=O)NC)CC2)C1F. The van der Waals surface area contributed by atoms with Crippen LogP contribution >= 0.6 is 0 Å². The molecule has 0 saturated carbocycles. The lowest BCUT2D eigenvalue weighted by Gasteiger charge is -2.42. The van der Waals surface area contributed by atoms with Crippen molar-refractivity contribution in [2.75, 3.05) is 26.7 Å². The number of halogens is 2. The highest BCUT2D eigenvalue weighted by Gasteiger charge is 2.39. The molecular formula is C35H61F2N7O2. The van der Waals surface area contributed by atoms with Gasteiger partial charge in [0.2, 0.25) is 11.8 Å². The van der Waals surface area contributed by atoms with Crippen molar-refractivity contribution in [3.05, 3.63) is 23.2 Å². The van der Waals surface area contributed by atoms with Crippen LogP contribution in [0.15, 0.2) is 28.2 Å². The first-order valence-corrected chi connectivity index (χ1v) is 17.9. The quantitative estimate of drug-likeness (QED) is 0.172. The monoisotopic (exact) mass is 649 g/mol. The standard InChI is InChI=1S/C35H61F2N7O2/c1-6-9-10-11-14-28-31(37)32(44-19-17-25(18-20-44)34(45)39-5)29(22-41-28)43-35(46)30-23(4)40-21-26(36)15-16-27(42-33(30)38)24(12-7-2)13-8-3/h16,21,23-26,28,30-31,33,41-42H,6-15,17-20,22,38H2,1-5H3,(H,39,45)(H,43,46)/b27-16-,40-21?. The number of carbonyl (C=O) groups is 2. The Morgan fingerprint density at radius 2 is 1.76 bits per heavy atom. The van der Waals surface area contributed by atoms with Crippen LogP contribution < -0.4 is 27.0 Å². The molecule has 3 aliphatic rings. The van der Waals surface area contributed by atoms with Gasteiger partial charge in [-0.3, -0.25) is 14.6 Å². The second-order valence-electron chi connectivity index (χ2n) is 13.4. The smallest absolute Gasteiger partial charge is 0.232 e. The summed E-state index contributed by atoms with van der Waals surface area (Å²) in [6, 6.07) is -0.958. The zero-order valence-electron chi connectivity index (χ0n) is 28.9. The highest BCUT2D eigenvalue weighted by atomic mass is 19.1. The van der Waals surface area contributed by atoms with Crippen molar-refractivity contribution in [3.63, 3.8) is 0 Å². The number of piperidine rings is 1. The molecule has 6 atom stereocenters. The molecule has 1 fully saturated rings. The summed E-state index contributed by atoms with van der Waals surface area (Å²) in [4.78, 5) is 32.9. The van der Waals surface area contributed by atoms with E-state index in [0.29, 0.717) is 50.3 Å². The third-order valence-electron chi connectivity index (χ3n) is 9.86. The van der Waals surface area contributed by atoms with Gasteiger partial charge in [-0.25, -0.2) is 8.78 Å². The highest BCUT2D eigenvalue weighted by Crippen LogP contribution is 2.31. The van der Waals surface area contributed by atoms with Gasteiger partial charge in [-0.1, -0.05) is 65.4 Å². The van der Waals surface area contributed by atoms with Gasteiger partial charge in [0.05, 0.1) is 29.5 Å². The summed E-state index contributed by atoms with van der Waals surface area (Å²) < 4.78 is 31.3. The number of alkyl halides is 2.